The highest BCUT2D eigenvalue weighted by Crippen LogP contribution is 2.18. The number of rotatable bonds is 5. The van der Waals surface area contributed by atoms with E-state index in [1.54, 1.807) is 0 Å². The summed E-state index contributed by atoms with van der Waals surface area (Å²) in [4.78, 5) is 7.55. The van der Waals surface area contributed by atoms with E-state index in [2.05, 4.69) is 51.0 Å². The Morgan fingerprint density at radius 2 is 2.12 bits per heavy atom. The van der Waals surface area contributed by atoms with E-state index in [1.165, 1.54) is 37.7 Å². The summed E-state index contributed by atoms with van der Waals surface area (Å²) >= 11 is 3.36. The number of nitrogens with zero attached hydrogens (tertiary/aromatic N) is 1. The molecule has 3 heteroatoms. The Bertz CT molecular complexity index is 462. The Labute approximate surface area is 105 Å². The summed E-state index contributed by atoms with van der Waals surface area (Å²) in [5, 5.41) is 0. The predicted molar refractivity (Wildman–Crippen MR) is 71.6 cm³/mol. The van der Waals surface area contributed by atoms with Crippen molar-refractivity contribution in [2.24, 2.45) is 0 Å². The number of aromatic amines is 1. The molecule has 0 atom stereocenters. The van der Waals surface area contributed by atoms with Crippen molar-refractivity contribution in [2.75, 3.05) is 0 Å². The van der Waals surface area contributed by atoms with E-state index in [0.717, 1.165) is 15.8 Å². The molecule has 86 valence electrons. The molecule has 0 aliphatic heterocycles. The van der Waals surface area contributed by atoms with E-state index in [4.69, 9.17) is 0 Å². The van der Waals surface area contributed by atoms with E-state index in [9.17, 15) is 0 Å². The number of imidazole rings is 1. The molecule has 2 rings (SSSR count). The van der Waals surface area contributed by atoms with Gasteiger partial charge in [0.15, 0.2) is 4.73 Å². The zero-order chi connectivity index (χ0) is 11.4. The Morgan fingerprint density at radius 1 is 1.25 bits per heavy atom. The van der Waals surface area contributed by atoms with Crippen molar-refractivity contribution >= 4 is 27.0 Å². The smallest absolute Gasteiger partial charge is 0.175 e. The maximum atomic E-state index is 4.38. The van der Waals surface area contributed by atoms with Crippen LogP contribution in [0.3, 0.4) is 0 Å². The van der Waals surface area contributed by atoms with Gasteiger partial charge in [-0.25, -0.2) is 4.98 Å². The molecule has 0 fully saturated rings. The Hall–Kier alpha value is -0.830. The molecular formula is C13H17BrN2. The summed E-state index contributed by atoms with van der Waals surface area (Å²) in [6.07, 6.45) is 6.42. The minimum atomic E-state index is 0.811. The lowest BCUT2D eigenvalue weighted by Gasteiger charge is -2.00. The molecule has 0 radical (unpaired) electrons. The molecule has 1 N–H and O–H groups in total. The van der Waals surface area contributed by atoms with Gasteiger partial charge in [-0.3, -0.25) is 0 Å². The number of nitrogens with one attached hydrogen (secondary N) is 1. The first-order chi connectivity index (χ1) is 7.79. The van der Waals surface area contributed by atoms with E-state index >= 15 is 0 Å². The second kappa shape index (κ2) is 5.48. The van der Waals surface area contributed by atoms with Gasteiger partial charge in [-0.2, -0.15) is 0 Å². The molecule has 0 bridgehead atoms. The number of aryl methyl sites for hydroxylation is 1. The molecule has 1 aromatic carbocycles. The van der Waals surface area contributed by atoms with Gasteiger partial charge in [0, 0.05) is 0 Å². The van der Waals surface area contributed by atoms with E-state index in [0.29, 0.717) is 0 Å². The average molecular weight is 281 g/mol. The van der Waals surface area contributed by atoms with Crippen LogP contribution >= 0.6 is 15.9 Å². The van der Waals surface area contributed by atoms with Crippen LogP contribution < -0.4 is 0 Å². The maximum Gasteiger partial charge on any atom is 0.175 e. The van der Waals surface area contributed by atoms with Crippen molar-refractivity contribution in [2.45, 2.75) is 39.0 Å². The lowest BCUT2D eigenvalue weighted by molar-refractivity contribution is 0.667. The van der Waals surface area contributed by atoms with Crippen LogP contribution in [0.15, 0.2) is 22.9 Å². The highest BCUT2D eigenvalue weighted by molar-refractivity contribution is 9.10. The third kappa shape index (κ3) is 2.85. The largest absolute Gasteiger partial charge is 0.332 e. The number of fused-ring (bicyclic) bond motifs is 1. The summed E-state index contributed by atoms with van der Waals surface area (Å²) in [6, 6.07) is 6.49. The van der Waals surface area contributed by atoms with Crippen LogP contribution in [0.5, 0.6) is 0 Å². The quantitative estimate of drug-likeness (QED) is 0.806. The lowest BCUT2D eigenvalue weighted by Crippen LogP contribution is -1.85. The fraction of sp³-hybridized carbons (Fsp3) is 0.462. The Kier molecular flexibility index (Phi) is 3.99. The number of unbranched alkanes of at least 4 members (excludes halogenated alkanes) is 3. The number of aromatic nitrogens is 2. The topological polar surface area (TPSA) is 28.7 Å². The van der Waals surface area contributed by atoms with Crippen LogP contribution in [0.1, 0.15) is 38.2 Å². The minimum absolute atomic E-state index is 0.811. The minimum Gasteiger partial charge on any atom is -0.332 e. The van der Waals surface area contributed by atoms with Crippen LogP contribution in [-0.2, 0) is 6.42 Å². The molecule has 0 aliphatic carbocycles. The molecule has 0 aliphatic rings. The molecule has 0 spiro atoms. The van der Waals surface area contributed by atoms with Crippen molar-refractivity contribution in [1.82, 2.24) is 9.97 Å². The molecule has 2 aromatic rings. The van der Waals surface area contributed by atoms with Crippen LogP contribution in [0.4, 0.5) is 0 Å². The van der Waals surface area contributed by atoms with Gasteiger partial charge in [-0.15, -0.1) is 0 Å². The summed E-state index contributed by atoms with van der Waals surface area (Å²) in [6.45, 7) is 2.24. The van der Waals surface area contributed by atoms with Gasteiger partial charge < -0.3 is 4.98 Å². The van der Waals surface area contributed by atoms with Gasteiger partial charge in [0.2, 0.25) is 0 Å². The molecule has 16 heavy (non-hydrogen) atoms. The zero-order valence-corrected chi connectivity index (χ0v) is 11.2. The van der Waals surface area contributed by atoms with Crippen LogP contribution in [-0.4, -0.2) is 9.97 Å². The number of H-pyrrole nitrogens is 1. The first-order valence-electron chi connectivity index (χ1n) is 5.93. The fourth-order valence-electron chi connectivity index (χ4n) is 1.93. The molecule has 1 aromatic heterocycles. The van der Waals surface area contributed by atoms with Gasteiger partial charge >= 0.3 is 0 Å². The third-order valence-corrected chi connectivity index (χ3v) is 3.21. The van der Waals surface area contributed by atoms with Crippen molar-refractivity contribution in [3.05, 3.63) is 28.5 Å². The normalized spacial score (nSPS) is 11.1. The lowest BCUT2D eigenvalue weighted by atomic mass is 10.1. The molecule has 0 saturated carbocycles. The van der Waals surface area contributed by atoms with E-state index < -0.39 is 0 Å². The highest BCUT2D eigenvalue weighted by Gasteiger charge is 2.01. The zero-order valence-electron chi connectivity index (χ0n) is 9.59. The Morgan fingerprint density at radius 3 is 2.94 bits per heavy atom. The fourth-order valence-corrected chi connectivity index (χ4v) is 2.34. The molecular weight excluding hydrogens is 264 g/mol. The van der Waals surface area contributed by atoms with Gasteiger partial charge in [0.1, 0.15) is 0 Å². The summed E-state index contributed by atoms with van der Waals surface area (Å²) in [5.41, 5.74) is 3.55. The number of halogens is 1. The van der Waals surface area contributed by atoms with Gasteiger partial charge in [-0.05, 0) is 46.5 Å². The molecule has 0 amide bonds. The summed E-state index contributed by atoms with van der Waals surface area (Å²) in [5.74, 6) is 0. The van der Waals surface area contributed by atoms with Crippen molar-refractivity contribution < 1.29 is 0 Å². The molecule has 1 heterocycles. The molecule has 2 nitrogen and oxygen atoms in total. The second-order valence-corrected chi connectivity index (χ2v) is 4.94. The Balaban J connectivity index is 2.02. The number of hydrogen-bond donors (Lipinski definition) is 1. The van der Waals surface area contributed by atoms with Gasteiger partial charge in [0.05, 0.1) is 11.0 Å². The van der Waals surface area contributed by atoms with Crippen LogP contribution in [0.2, 0.25) is 0 Å². The van der Waals surface area contributed by atoms with E-state index in [-0.39, 0.29) is 0 Å². The highest BCUT2D eigenvalue weighted by atomic mass is 79.9. The monoisotopic (exact) mass is 280 g/mol. The van der Waals surface area contributed by atoms with Crippen molar-refractivity contribution in [1.29, 1.82) is 0 Å². The van der Waals surface area contributed by atoms with Crippen molar-refractivity contribution in [3.63, 3.8) is 0 Å². The standard InChI is InChI=1S/C13H17BrN2/c1-2-3-4-5-6-10-7-8-11-12(9-10)16-13(14)15-11/h7-9H,2-6H2,1H3,(H,15,16). The molecule has 0 saturated heterocycles. The molecule has 0 unspecified atom stereocenters. The summed E-state index contributed by atoms with van der Waals surface area (Å²) < 4.78 is 0.811. The predicted octanol–water partition coefficient (Wildman–Crippen LogP) is 4.45. The summed E-state index contributed by atoms with van der Waals surface area (Å²) in [7, 11) is 0. The van der Waals surface area contributed by atoms with Crippen LogP contribution in [0.25, 0.3) is 11.0 Å². The first kappa shape index (κ1) is 11.6. The maximum absolute atomic E-state index is 4.38. The second-order valence-electron chi connectivity index (χ2n) is 4.19. The SMILES string of the molecule is CCCCCCc1ccc2[nH]c(Br)nc2c1. The van der Waals surface area contributed by atoms with Crippen LogP contribution in [0, 0.1) is 0 Å². The third-order valence-electron chi connectivity index (χ3n) is 2.84. The van der Waals surface area contributed by atoms with E-state index in [1.807, 2.05) is 0 Å². The number of benzene rings is 1. The van der Waals surface area contributed by atoms with Crippen molar-refractivity contribution in [3.8, 4) is 0 Å². The number of hydrogen-bond acceptors (Lipinski definition) is 1. The first-order valence-corrected chi connectivity index (χ1v) is 6.73. The van der Waals surface area contributed by atoms with Gasteiger partial charge in [-0.1, -0.05) is 32.3 Å². The average Bonchev–Trinajstić information content (AvgIpc) is 2.64. The van der Waals surface area contributed by atoms with Gasteiger partial charge in [0.25, 0.3) is 0 Å².